The fraction of sp³-hybridized carbons (Fsp3) is 0.238. The van der Waals surface area contributed by atoms with Gasteiger partial charge in [0.1, 0.15) is 6.29 Å². The lowest BCUT2D eigenvalue weighted by molar-refractivity contribution is -0.112. The van der Waals surface area contributed by atoms with Gasteiger partial charge in [-0.25, -0.2) is 4.39 Å². The van der Waals surface area contributed by atoms with E-state index in [9.17, 15) is 9.18 Å². The molecule has 0 fully saturated rings. The van der Waals surface area contributed by atoms with Crippen molar-refractivity contribution in [1.29, 1.82) is 0 Å². The van der Waals surface area contributed by atoms with Crippen LogP contribution >= 0.6 is 0 Å². The Hall–Kier alpha value is -2.99. The molecule has 4 rings (SSSR count). The number of pyridine rings is 1. The van der Waals surface area contributed by atoms with Gasteiger partial charge in [0.2, 0.25) is 0 Å². The van der Waals surface area contributed by atoms with Crippen molar-refractivity contribution in [3.05, 3.63) is 53.5 Å². The number of hydrogen-bond acceptors (Lipinski definition) is 5. The highest BCUT2D eigenvalue weighted by Gasteiger charge is 2.33. The summed E-state index contributed by atoms with van der Waals surface area (Å²) in [6, 6.07) is 10.1. The molecule has 0 amide bonds. The Balaban J connectivity index is 2.00. The number of ether oxygens (including phenoxy) is 1. The smallest absolute Gasteiger partial charge is 0.172 e. The maximum Gasteiger partial charge on any atom is 0.172 e. The number of anilines is 1. The van der Waals surface area contributed by atoms with Crippen LogP contribution in [0, 0.1) is 5.82 Å². The third kappa shape index (κ3) is 2.56. The van der Waals surface area contributed by atoms with Crippen molar-refractivity contribution in [1.82, 2.24) is 9.88 Å². The number of methoxy groups -OCH3 is 1. The molecule has 2 aromatic carbocycles. The minimum atomic E-state index is -0.436. The Morgan fingerprint density at radius 2 is 2.04 bits per heavy atom. The molecule has 0 spiro atoms. The molecule has 2 N–H and O–H groups in total. The number of rotatable bonds is 4. The number of carbonyl (C=O) groups is 1. The Labute approximate surface area is 156 Å². The number of hydrogen-bond donors (Lipinski definition) is 1. The molecule has 1 aromatic heterocycles. The highest BCUT2D eigenvalue weighted by Crippen LogP contribution is 2.41. The first-order valence-corrected chi connectivity index (χ1v) is 8.83. The molecule has 1 aliphatic heterocycles. The van der Waals surface area contributed by atoms with E-state index < -0.39 is 5.82 Å². The number of carbonyl (C=O) groups excluding carboxylic acids is 1. The molecular formula is C21H20FN3O2. The molecule has 0 saturated heterocycles. The number of aromatic nitrogens is 1. The van der Waals surface area contributed by atoms with Gasteiger partial charge in [-0.2, -0.15) is 0 Å². The molecule has 1 aliphatic rings. The zero-order valence-electron chi connectivity index (χ0n) is 15.2. The number of aldehydes is 1. The number of fused-ring (bicyclic) bond motifs is 2. The second kappa shape index (κ2) is 6.63. The van der Waals surface area contributed by atoms with E-state index in [2.05, 4.69) is 0 Å². The summed E-state index contributed by atoms with van der Waals surface area (Å²) in [5, 5.41) is 0.721. The van der Waals surface area contributed by atoms with Gasteiger partial charge in [-0.3, -0.25) is 9.88 Å². The Bertz CT molecular complexity index is 1050. The van der Waals surface area contributed by atoms with Gasteiger partial charge in [0.15, 0.2) is 11.6 Å². The van der Waals surface area contributed by atoms with Crippen molar-refractivity contribution < 1.29 is 13.9 Å². The van der Waals surface area contributed by atoms with Gasteiger partial charge >= 0.3 is 0 Å². The average molecular weight is 365 g/mol. The molecule has 1 atom stereocenters. The van der Waals surface area contributed by atoms with Crippen LogP contribution in [0.1, 0.15) is 24.2 Å². The molecule has 0 bridgehead atoms. The van der Waals surface area contributed by atoms with Crippen LogP contribution in [0.5, 0.6) is 5.75 Å². The van der Waals surface area contributed by atoms with Crippen LogP contribution < -0.4 is 10.5 Å². The highest BCUT2D eigenvalue weighted by molar-refractivity contribution is 6.02. The molecule has 138 valence electrons. The predicted octanol–water partition coefficient (Wildman–Crippen LogP) is 3.71. The Morgan fingerprint density at radius 1 is 1.30 bits per heavy atom. The molecule has 0 aliphatic carbocycles. The number of halogens is 1. The van der Waals surface area contributed by atoms with Crippen LogP contribution in [0.15, 0.2) is 36.4 Å². The quantitative estimate of drug-likeness (QED) is 0.714. The van der Waals surface area contributed by atoms with Crippen molar-refractivity contribution in [2.24, 2.45) is 0 Å². The summed E-state index contributed by atoms with van der Waals surface area (Å²) in [4.78, 5) is 18.5. The largest absolute Gasteiger partial charge is 0.494 e. The van der Waals surface area contributed by atoms with Gasteiger partial charge in [-0.1, -0.05) is 37.3 Å². The lowest BCUT2D eigenvalue weighted by atomic mass is 9.97. The van der Waals surface area contributed by atoms with Crippen LogP contribution in [0.3, 0.4) is 0 Å². The van der Waals surface area contributed by atoms with E-state index >= 15 is 0 Å². The number of para-hydroxylation sites is 1. The normalized spacial score (nSPS) is 16.5. The molecular weight excluding hydrogens is 345 g/mol. The van der Waals surface area contributed by atoms with Gasteiger partial charge in [0.05, 0.1) is 24.4 Å². The number of nitrogen functional groups attached to an aromatic ring is 1. The van der Waals surface area contributed by atoms with E-state index in [1.807, 2.05) is 30.0 Å². The second-order valence-corrected chi connectivity index (χ2v) is 6.55. The lowest BCUT2D eigenvalue weighted by Crippen LogP contribution is -2.22. The number of likely N-dealkylation sites (N-methyl/N-ethyl adjacent to an activating group) is 1. The number of nitrogens with zero attached hydrogens (tertiary/aromatic N) is 2. The fourth-order valence-corrected chi connectivity index (χ4v) is 3.86. The van der Waals surface area contributed by atoms with Crippen LogP contribution in [0.25, 0.3) is 22.0 Å². The summed E-state index contributed by atoms with van der Waals surface area (Å²) in [5.74, 6) is -0.258. The first kappa shape index (κ1) is 17.4. The van der Waals surface area contributed by atoms with Crippen LogP contribution in [-0.4, -0.2) is 29.8 Å². The van der Waals surface area contributed by atoms with Crippen molar-refractivity contribution in [3.8, 4) is 16.9 Å². The van der Waals surface area contributed by atoms with Gasteiger partial charge < -0.3 is 15.3 Å². The molecule has 1 unspecified atom stereocenters. The molecule has 5 nitrogen and oxygen atoms in total. The summed E-state index contributed by atoms with van der Waals surface area (Å²) in [5.41, 5.74) is 10.2. The first-order valence-electron chi connectivity index (χ1n) is 8.83. The van der Waals surface area contributed by atoms with Crippen LogP contribution in [-0.2, 0) is 11.3 Å². The van der Waals surface area contributed by atoms with Crippen LogP contribution in [0.4, 0.5) is 10.1 Å². The SMILES string of the molecule is CCN1Cc2nc3c(-c4cccc(OC)c4F)cccc3c(N)c2C1C=O. The molecule has 2 heterocycles. The fourth-order valence-electron chi connectivity index (χ4n) is 3.86. The van der Waals surface area contributed by atoms with E-state index in [4.69, 9.17) is 15.5 Å². The molecule has 0 saturated carbocycles. The molecule has 0 radical (unpaired) electrons. The van der Waals surface area contributed by atoms with E-state index in [0.29, 0.717) is 35.4 Å². The van der Waals surface area contributed by atoms with Crippen molar-refractivity contribution >= 4 is 22.9 Å². The zero-order valence-corrected chi connectivity index (χ0v) is 15.2. The molecule has 3 aromatic rings. The maximum absolute atomic E-state index is 14.9. The second-order valence-electron chi connectivity index (χ2n) is 6.55. The predicted molar refractivity (Wildman–Crippen MR) is 103 cm³/mol. The van der Waals surface area contributed by atoms with Crippen LogP contribution in [0.2, 0.25) is 0 Å². The Kier molecular flexibility index (Phi) is 4.28. The topological polar surface area (TPSA) is 68.5 Å². The van der Waals surface area contributed by atoms with Gasteiger partial charge in [-0.15, -0.1) is 0 Å². The third-order valence-electron chi connectivity index (χ3n) is 5.22. The summed E-state index contributed by atoms with van der Waals surface area (Å²) in [6.07, 6.45) is 0.908. The van der Waals surface area contributed by atoms with Gasteiger partial charge in [0.25, 0.3) is 0 Å². The molecule has 6 heteroatoms. The summed E-state index contributed by atoms with van der Waals surface area (Å²) < 4.78 is 20.0. The third-order valence-corrected chi connectivity index (χ3v) is 5.22. The van der Waals surface area contributed by atoms with E-state index in [0.717, 1.165) is 22.9 Å². The van der Waals surface area contributed by atoms with Gasteiger partial charge in [-0.05, 0) is 12.6 Å². The van der Waals surface area contributed by atoms with Gasteiger partial charge in [0, 0.05) is 34.3 Å². The summed E-state index contributed by atoms with van der Waals surface area (Å²) in [6.45, 7) is 3.26. The van der Waals surface area contributed by atoms with Crippen molar-refractivity contribution in [2.45, 2.75) is 19.5 Å². The average Bonchev–Trinajstić information content (AvgIpc) is 3.06. The summed E-state index contributed by atoms with van der Waals surface area (Å²) >= 11 is 0. The zero-order chi connectivity index (χ0) is 19.1. The monoisotopic (exact) mass is 365 g/mol. The van der Waals surface area contributed by atoms with E-state index in [1.54, 1.807) is 18.2 Å². The van der Waals surface area contributed by atoms with Crippen molar-refractivity contribution in [3.63, 3.8) is 0 Å². The van der Waals surface area contributed by atoms with Crippen molar-refractivity contribution in [2.75, 3.05) is 19.4 Å². The first-order chi connectivity index (χ1) is 13.1. The van der Waals surface area contributed by atoms with E-state index in [1.165, 1.54) is 7.11 Å². The number of benzene rings is 2. The minimum Gasteiger partial charge on any atom is -0.494 e. The molecule has 27 heavy (non-hydrogen) atoms. The van der Waals surface area contributed by atoms with E-state index in [-0.39, 0.29) is 11.8 Å². The maximum atomic E-state index is 14.9. The summed E-state index contributed by atoms with van der Waals surface area (Å²) in [7, 11) is 1.44. The standard InChI is InChI=1S/C21H20FN3O2/c1-3-25-10-15-18(16(25)11-26)20(23)14-8-4-7-13(21(14)24-15)12-6-5-9-17(27-2)19(12)22/h4-9,11,16H,3,10H2,1-2H3,(H2,23,24). The number of nitrogens with two attached hydrogens (primary N) is 1. The minimum absolute atomic E-state index is 0.178. The lowest BCUT2D eigenvalue weighted by Gasteiger charge is -2.18. The highest BCUT2D eigenvalue weighted by atomic mass is 19.1. The Morgan fingerprint density at radius 3 is 2.74 bits per heavy atom.